The van der Waals surface area contributed by atoms with E-state index in [1.54, 1.807) is 6.07 Å². The number of halogens is 3. The average Bonchev–Trinajstić information content (AvgIpc) is 2.61. The van der Waals surface area contributed by atoms with E-state index in [2.05, 4.69) is 10.3 Å². The monoisotopic (exact) mass is 377 g/mol. The SMILES string of the molecule is O=C(O)c1cn(C(=O)Nc2ccc(C(F)(F)F)cn2)c2ccccc2c1=O. The minimum atomic E-state index is -4.57. The lowest BCUT2D eigenvalue weighted by Crippen LogP contribution is -2.26. The van der Waals surface area contributed by atoms with Crippen molar-refractivity contribution in [3.8, 4) is 0 Å². The third kappa shape index (κ3) is 3.50. The van der Waals surface area contributed by atoms with Crippen molar-refractivity contribution in [1.82, 2.24) is 9.55 Å². The molecule has 2 heterocycles. The number of anilines is 1. The Morgan fingerprint density at radius 2 is 1.81 bits per heavy atom. The number of carboxylic acids is 1. The number of nitrogens with zero attached hydrogens (tertiary/aromatic N) is 2. The summed E-state index contributed by atoms with van der Waals surface area (Å²) in [7, 11) is 0. The van der Waals surface area contributed by atoms with E-state index in [-0.39, 0.29) is 16.7 Å². The lowest BCUT2D eigenvalue weighted by atomic mass is 10.1. The molecule has 1 aromatic carbocycles. The number of carbonyl (C=O) groups is 2. The number of hydrogen-bond donors (Lipinski definition) is 2. The standard InChI is InChI=1S/C17H10F3N3O4/c18-17(19,20)9-5-6-13(21-7-9)22-16(27)23-8-11(15(25)26)14(24)10-3-1-2-4-12(10)23/h1-8H,(H,25,26)(H,21,22,27). The van der Waals surface area contributed by atoms with Gasteiger partial charge in [0.1, 0.15) is 11.4 Å². The molecular weight excluding hydrogens is 367 g/mol. The van der Waals surface area contributed by atoms with Gasteiger partial charge >= 0.3 is 18.2 Å². The smallest absolute Gasteiger partial charge is 0.417 e. The molecule has 1 amide bonds. The van der Waals surface area contributed by atoms with E-state index >= 15 is 0 Å². The van der Waals surface area contributed by atoms with Gasteiger partial charge in [-0.2, -0.15) is 13.2 Å². The molecule has 0 aliphatic carbocycles. The summed E-state index contributed by atoms with van der Waals surface area (Å²) in [4.78, 5) is 39.5. The fourth-order valence-corrected chi connectivity index (χ4v) is 2.40. The van der Waals surface area contributed by atoms with E-state index in [1.165, 1.54) is 18.2 Å². The fourth-order valence-electron chi connectivity index (χ4n) is 2.40. The maximum Gasteiger partial charge on any atom is 0.417 e. The van der Waals surface area contributed by atoms with Crippen LogP contribution in [0.25, 0.3) is 10.9 Å². The Kier molecular flexibility index (Phi) is 4.40. The third-order valence-corrected chi connectivity index (χ3v) is 3.69. The molecule has 10 heteroatoms. The molecule has 0 bridgehead atoms. The lowest BCUT2D eigenvalue weighted by molar-refractivity contribution is -0.137. The van der Waals surface area contributed by atoms with Crippen LogP contribution >= 0.6 is 0 Å². The molecule has 3 rings (SSSR count). The third-order valence-electron chi connectivity index (χ3n) is 3.69. The van der Waals surface area contributed by atoms with Crippen LogP contribution in [-0.4, -0.2) is 26.7 Å². The molecule has 0 aliphatic heterocycles. The molecule has 138 valence electrons. The molecule has 3 aromatic rings. The summed E-state index contributed by atoms with van der Waals surface area (Å²) in [6, 6.07) is 6.67. The summed E-state index contributed by atoms with van der Waals surface area (Å²) in [5.74, 6) is -1.69. The van der Waals surface area contributed by atoms with E-state index in [0.717, 1.165) is 22.9 Å². The highest BCUT2D eigenvalue weighted by Gasteiger charge is 2.30. The van der Waals surface area contributed by atoms with Crippen molar-refractivity contribution < 1.29 is 27.9 Å². The van der Waals surface area contributed by atoms with Gasteiger partial charge in [-0.15, -0.1) is 0 Å². The second-order valence-corrected chi connectivity index (χ2v) is 5.42. The van der Waals surface area contributed by atoms with Gasteiger partial charge in [-0.3, -0.25) is 14.7 Å². The maximum absolute atomic E-state index is 12.6. The highest BCUT2D eigenvalue weighted by molar-refractivity contribution is 6.00. The Morgan fingerprint density at radius 1 is 1.11 bits per heavy atom. The Bertz CT molecular complexity index is 1110. The van der Waals surface area contributed by atoms with E-state index in [0.29, 0.717) is 6.20 Å². The molecule has 27 heavy (non-hydrogen) atoms. The summed E-state index contributed by atoms with van der Waals surface area (Å²) < 4.78 is 38.6. The van der Waals surface area contributed by atoms with E-state index in [4.69, 9.17) is 5.11 Å². The van der Waals surface area contributed by atoms with E-state index < -0.39 is 34.7 Å². The topological polar surface area (TPSA) is 101 Å². The summed E-state index contributed by atoms with van der Waals surface area (Å²) in [5, 5.41) is 11.4. The van der Waals surface area contributed by atoms with E-state index in [9.17, 15) is 27.6 Å². The predicted molar refractivity (Wildman–Crippen MR) is 88.8 cm³/mol. The van der Waals surface area contributed by atoms with Gasteiger partial charge in [-0.1, -0.05) is 12.1 Å². The maximum atomic E-state index is 12.6. The Labute approximate surface area is 148 Å². The molecule has 0 radical (unpaired) electrons. The first-order valence-corrected chi connectivity index (χ1v) is 7.41. The van der Waals surface area contributed by atoms with Crippen LogP contribution in [0.15, 0.2) is 53.6 Å². The number of carboxylic acid groups (broad SMARTS) is 1. The molecule has 0 saturated carbocycles. The van der Waals surface area contributed by atoms with Crippen molar-refractivity contribution in [1.29, 1.82) is 0 Å². The van der Waals surface area contributed by atoms with Crippen LogP contribution < -0.4 is 10.7 Å². The zero-order chi connectivity index (χ0) is 19.8. The molecule has 0 unspecified atom stereocenters. The average molecular weight is 377 g/mol. The first-order chi connectivity index (χ1) is 12.7. The Morgan fingerprint density at radius 3 is 2.41 bits per heavy atom. The fraction of sp³-hybridized carbons (Fsp3) is 0.0588. The number of carbonyl (C=O) groups excluding carboxylic acids is 1. The van der Waals surface area contributed by atoms with Gasteiger partial charge in [0, 0.05) is 17.8 Å². The van der Waals surface area contributed by atoms with Crippen molar-refractivity contribution in [2.24, 2.45) is 0 Å². The van der Waals surface area contributed by atoms with Crippen LogP contribution in [0, 0.1) is 0 Å². The predicted octanol–water partition coefficient (Wildman–Crippen LogP) is 3.19. The van der Waals surface area contributed by atoms with Crippen LogP contribution in [0.4, 0.5) is 23.8 Å². The molecule has 0 fully saturated rings. The summed E-state index contributed by atoms with van der Waals surface area (Å²) in [5.41, 5.74) is -2.22. The second-order valence-electron chi connectivity index (χ2n) is 5.42. The molecule has 0 saturated heterocycles. The minimum absolute atomic E-state index is 0.00734. The lowest BCUT2D eigenvalue weighted by Gasteiger charge is -2.12. The number of aromatic nitrogens is 2. The van der Waals surface area contributed by atoms with Crippen molar-refractivity contribution in [3.63, 3.8) is 0 Å². The van der Waals surface area contributed by atoms with Gasteiger partial charge in [0.2, 0.25) is 5.43 Å². The molecule has 2 N–H and O–H groups in total. The van der Waals surface area contributed by atoms with Crippen molar-refractivity contribution >= 4 is 28.7 Å². The number of aromatic carboxylic acids is 1. The first kappa shape index (κ1) is 18.1. The number of fused-ring (bicyclic) bond motifs is 1. The van der Waals surface area contributed by atoms with Crippen LogP contribution in [0.5, 0.6) is 0 Å². The molecule has 0 spiro atoms. The van der Waals surface area contributed by atoms with Crippen LogP contribution in [0.3, 0.4) is 0 Å². The highest BCUT2D eigenvalue weighted by atomic mass is 19.4. The van der Waals surface area contributed by atoms with Crippen molar-refractivity contribution in [2.75, 3.05) is 5.32 Å². The molecule has 0 atom stereocenters. The summed E-state index contributed by atoms with van der Waals surface area (Å²) >= 11 is 0. The molecule has 7 nitrogen and oxygen atoms in total. The molecule has 0 aliphatic rings. The van der Waals surface area contributed by atoms with Gasteiger partial charge in [0.05, 0.1) is 11.1 Å². The van der Waals surface area contributed by atoms with Crippen LogP contribution in [-0.2, 0) is 6.18 Å². The Balaban J connectivity index is 2.02. The summed E-state index contributed by atoms with van der Waals surface area (Å²) in [6.07, 6.45) is -3.16. The number of alkyl halides is 3. The van der Waals surface area contributed by atoms with E-state index in [1.807, 2.05) is 0 Å². The number of amides is 1. The van der Waals surface area contributed by atoms with Gasteiger partial charge in [-0.05, 0) is 24.3 Å². The van der Waals surface area contributed by atoms with Gasteiger partial charge in [0.15, 0.2) is 0 Å². The largest absolute Gasteiger partial charge is 0.477 e. The van der Waals surface area contributed by atoms with Crippen molar-refractivity contribution in [3.05, 3.63) is 70.1 Å². The zero-order valence-corrected chi connectivity index (χ0v) is 13.3. The number of pyridine rings is 2. The van der Waals surface area contributed by atoms with Gasteiger partial charge in [-0.25, -0.2) is 14.6 Å². The number of benzene rings is 1. The van der Waals surface area contributed by atoms with Crippen LogP contribution in [0.2, 0.25) is 0 Å². The molecule has 2 aromatic heterocycles. The number of rotatable bonds is 2. The number of para-hydroxylation sites is 1. The second kappa shape index (κ2) is 6.56. The van der Waals surface area contributed by atoms with Gasteiger partial charge < -0.3 is 5.11 Å². The Hall–Kier alpha value is -3.69. The number of hydrogen-bond acceptors (Lipinski definition) is 4. The minimum Gasteiger partial charge on any atom is -0.477 e. The van der Waals surface area contributed by atoms with Gasteiger partial charge in [0.25, 0.3) is 0 Å². The van der Waals surface area contributed by atoms with Crippen LogP contribution in [0.1, 0.15) is 15.9 Å². The zero-order valence-electron chi connectivity index (χ0n) is 13.3. The first-order valence-electron chi connectivity index (χ1n) is 7.41. The highest BCUT2D eigenvalue weighted by Crippen LogP contribution is 2.28. The van der Waals surface area contributed by atoms with Crippen molar-refractivity contribution in [2.45, 2.75) is 6.18 Å². The normalized spacial score (nSPS) is 11.4. The molecular formula is C17H10F3N3O4. The summed E-state index contributed by atoms with van der Waals surface area (Å²) in [6.45, 7) is 0. The number of nitrogens with one attached hydrogen (secondary N) is 1. The quantitative estimate of drug-likeness (QED) is 0.714.